The molecule has 2 aromatic rings. The van der Waals surface area contributed by atoms with Crippen LogP contribution >= 0.6 is 0 Å². The number of rotatable bonds is 7. The number of hydrogen-bond donors (Lipinski definition) is 1. The molecule has 0 radical (unpaired) electrons. The molecular weight excluding hydrogens is 386 g/mol. The number of anilines is 2. The smallest absolute Gasteiger partial charge is 0.255 e. The van der Waals surface area contributed by atoms with Crippen molar-refractivity contribution in [1.29, 1.82) is 0 Å². The number of nitrogens with one attached hydrogen (secondary N) is 1. The molecule has 156 valence electrons. The molecule has 1 aliphatic heterocycles. The van der Waals surface area contributed by atoms with Crippen LogP contribution in [0.1, 0.15) is 42.3 Å². The minimum absolute atomic E-state index is 0.142. The minimum Gasteiger partial charge on any atom is -0.371 e. The van der Waals surface area contributed by atoms with Gasteiger partial charge < -0.3 is 10.2 Å². The van der Waals surface area contributed by atoms with Crippen LogP contribution in [0.2, 0.25) is 0 Å². The maximum Gasteiger partial charge on any atom is 0.255 e. The molecule has 0 fully saturated rings. The summed E-state index contributed by atoms with van der Waals surface area (Å²) in [5.41, 5.74) is 4.25. The molecule has 0 atom stereocenters. The van der Waals surface area contributed by atoms with Gasteiger partial charge in [-0.05, 0) is 55.7 Å². The summed E-state index contributed by atoms with van der Waals surface area (Å²) in [6, 6.07) is 10.7. The Morgan fingerprint density at radius 1 is 1.10 bits per heavy atom. The maximum atomic E-state index is 12.9. The summed E-state index contributed by atoms with van der Waals surface area (Å²) in [6.45, 7) is 10.2. The number of benzene rings is 2. The lowest BCUT2D eigenvalue weighted by molar-refractivity contribution is 0.102. The summed E-state index contributed by atoms with van der Waals surface area (Å²) in [7, 11) is -3.62. The zero-order chi connectivity index (χ0) is 21.2. The summed E-state index contributed by atoms with van der Waals surface area (Å²) in [5, 5.41) is 2.94. The highest BCUT2D eigenvalue weighted by Gasteiger charge is 2.24. The summed E-state index contributed by atoms with van der Waals surface area (Å²) in [5.74, 6) is -0.305. The predicted octanol–water partition coefficient (Wildman–Crippen LogP) is 3.66. The van der Waals surface area contributed by atoms with Gasteiger partial charge in [0.15, 0.2) is 0 Å². The average molecular weight is 416 g/mol. The molecular formula is C22H29N3O3S. The van der Waals surface area contributed by atoms with Crippen LogP contribution in [0.15, 0.2) is 41.3 Å². The zero-order valence-electron chi connectivity index (χ0n) is 17.5. The van der Waals surface area contributed by atoms with Crippen molar-refractivity contribution in [3.63, 3.8) is 0 Å². The second kappa shape index (κ2) is 8.55. The van der Waals surface area contributed by atoms with E-state index in [2.05, 4.69) is 23.2 Å². The van der Waals surface area contributed by atoms with E-state index in [1.165, 1.54) is 15.9 Å². The van der Waals surface area contributed by atoms with Gasteiger partial charge in [0.1, 0.15) is 0 Å². The Kier molecular flexibility index (Phi) is 6.29. The van der Waals surface area contributed by atoms with Gasteiger partial charge >= 0.3 is 0 Å². The molecule has 1 aliphatic rings. The van der Waals surface area contributed by atoms with E-state index in [0.29, 0.717) is 24.3 Å². The van der Waals surface area contributed by atoms with Crippen LogP contribution in [-0.4, -0.2) is 44.8 Å². The molecule has 1 amide bonds. The summed E-state index contributed by atoms with van der Waals surface area (Å²) in [4.78, 5) is 15.4. The van der Waals surface area contributed by atoms with Crippen molar-refractivity contribution in [2.45, 2.75) is 39.0 Å². The molecule has 7 heteroatoms. The van der Waals surface area contributed by atoms with Gasteiger partial charge in [0, 0.05) is 43.1 Å². The van der Waals surface area contributed by atoms with Gasteiger partial charge in [0.2, 0.25) is 10.0 Å². The first-order valence-corrected chi connectivity index (χ1v) is 11.6. The standard InChI is InChI=1S/C22H29N3O3S/c1-5-24-13-12-17-9-10-18(14-21(17)24)23-22(26)20-15-19(11-8-16(20)4)29(27,28)25(6-2)7-3/h8-11,14-15H,5-7,12-13H2,1-4H3,(H,23,26). The lowest BCUT2D eigenvalue weighted by Gasteiger charge is -2.19. The van der Waals surface area contributed by atoms with E-state index in [0.717, 1.165) is 30.8 Å². The van der Waals surface area contributed by atoms with E-state index in [9.17, 15) is 13.2 Å². The van der Waals surface area contributed by atoms with Crippen molar-refractivity contribution in [2.75, 3.05) is 36.4 Å². The Labute approximate surface area is 173 Å². The van der Waals surface area contributed by atoms with Crippen molar-refractivity contribution in [3.05, 3.63) is 53.1 Å². The molecule has 0 saturated heterocycles. The maximum absolute atomic E-state index is 12.9. The zero-order valence-corrected chi connectivity index (χ0v) is 18.3. The van der Waals surface area contributed by atoms with Gasteiger partial charge in [-0.15, -0.1) is 0 Å². The van der Waals surface area contributed by atoms with Crippen LogP contribution < -0.4 is 10.2 Å². The number of carbonyl (C=O) groups excluding carboxylic acids is 1. The minimum atomic E-state index is -3.62. The molecule has 0 bridgehead atoms. The molecule has 1 N–H and O–H groups in total. The molecule has 0 saturated carbocycles. The summed E-state index contributed by atoms with van der Waals surface area (Å²) >= 11 is 0. The Bertz CT molecular complexity index is 1010. The fourth-order valence-corrected chi connectivity index (χ4v) is 5.25. The molecule has 29 heavy (non-hydrogen) atoms. The van der Waals surface area contributed by atoms with Gasteiger partial charge in [0.05, 0.1) is 4.90 Å². The molecule has 0 aliphatic carbocycles. The van der Waals surface area contributed by atoms with Crippen molar-refractivity contribution in [3.8, 4) is 0 Å². The monoisotopic (exact) mass is 415 g/mol. The van der Waals surface area contributed by atoms with Crippen LogP contribution in [0.3, 0.4) is 0 Å². The number of fused-ring (bicyclic) bond motifs is 1. The topological polar surface area (TPSA) is 69.7 Å². The van der Waals surface area contributed by atoms with E-state index < -0.39 is 10.0 Å². The Morgan fingerprint density at radius 3 is 2.48 bits per heavy atom. The van der Waals surface area contributed by atoms with Gasteiger partial charge in [-0.3, -0.25) is 4.79 Å². The molecule has 0 aromatic heterocycles. The van der Waals surface area contributed by atoms with E-state index in [-0.39, 0.29) is 10.8 Å². The average Bonchev–Trinajstić information content (AvgIpc) is 3.11. The number of sulfonamides is 1. The third kappa shape index (κ3) is 4.16. The predicted molar refractivity (Wildman–Crippen MR) is 117 cm³/mol. The van der Waals surface area contributed by atoms with Crippen molar-refractivity contribution in [1.82, 2.24) is 4.31 Å². The Balaban J connectivity index is 1.89. The van der Waals surface area contributed by atoms with E-state index in [1.807, 2.05) is 19.1 Å². The van der Waals surface area contributed by atoms with Crippen LogP contribution in [0.5, 0.6) is 0 Å². The molecule has 2 aromatic carbocycles. The van der Waals surface area contributed by atoms with E-state index in [1.54, 1.807) is 26.0 Å². The highest BCUT2D eigenvalue weighted by Crippen LogP contribution is 2.31. The SMILES string of the molecule is CCN1CCc2ccc(NC(=O)c3cc(S(=O)(=O)N(CC)CC)ccc3C)cc21. The van der Waals surface area contributed by atoms with Crippen LogP contribution in [0, 0.1) is 6.92 Å². The van der Waals surface area contributed by atoms with Gasteiger partial charge in [-0.2, -0.15) is 4.31 Å². The second-order valence-corrected chi connectivity index (χ2v) is 9.13. The molecule has 6 nitrogen and oxygen atoms in total. The Hall–Kier alpha value is -2.38. The van der Waals surface area contributed by atoms with Crippen molar-refractivity contribution < 1.29 is 13.2 Å². The molecule has 0 spiro atoms. The molecule has 3 rings (SSSR count). The lowest BCUT2D eigenvalue weighted by Crippen LogP contribution is -2.30. The molecule has 1 heterocycles. The fourth-order valence-electron chi connectivity index (χ4n) is 3.77. The third-order valence-corrected chi connectivity index (χ3v) is 7.56. The number of carbonyl (C=O) groups is 1. The largest absolute Gasteiger partial charge is 0.371 e. The summed E-state index contributed by atoms with van der Waals surface area (Å²) in [6.07, 6.45) is 1.02. The number of hydrogen-bond acceptors (Lipinski definition) is 4. The summed E-state index contributed by atoms with van der Waals surface area (Å²) < 4.78 is 27.0. The first-order valence-electron chi connectivity index (χ1n) is 10.1. The second-order valence-electron chi connectivity index (χ2n) is 7.19. The third-order valence-electron chi connectivity index (χ3n) is 5.51. The highest BCUT2D eigenvalue weighted by atomic mass is 32.2. The number of nitrogens with zero attached hydrogens (tertiary/aromatic N) is 2. The first kappa shape index (κ1) is 21.3. The van der Waals surface area contributed by atoms with E-state index in [4.69, 9.17) is 0 Å². The fraction of sp³-hybridized carbons (Fsp3) is 0.409. The van der Waals surface area contributed by atoms with E-state index >= 15 is 0 Å². The van der Waals surface area contributed by atoms with Crippen LogP contribution in [0.4, 0.5) is 11.4 Å². The van der Waals surface area contributed by atoms with Crippen molar-refractivity contribution in [2.24, 2.45) is 0 Å². The number of aryl methyl sites for hydroxylation is 1. The molecule has 0 unspecified atom stereocenters. The van der Waals surface area contributed by atoms with Crippen molar-refractivity contribution >= 4 is 27.3 Å². The number of likely N-dealkylation sites (N-methyl/N-ethyl adjacent to an activating group) is 1. The van der Waals surface area contributed by atoms with Gasteiger partial charge in [0.25, 0.3) is 5.91 Å². The highest BCUT2D eigenvalue weighted by molar-refractivity contribution is 7.89. The van der Waals surface area contributed by atoms with Crippen LogP contribution in [-0.2, 0) is 16.4 Å². The first-order chi connectivity index (χ1) is 13.8. The van der Waals surface area contributed by atoms with Gasteiger partial charge in [-0.25, -0.2) is 8.42 Å². The quantitative estimate of drug-likeness (QED) is 0.749. The van der Waals surface area contributed by atoms with Gasteiger partial charge in [-0.1, -0.05) is 26.0 Å². The normalized spacial score (nSPS) is 13.6. The number of amides is 1. The Morgan fingerprint density at radius 2 is 1.83 bits per heavy atom. The lowest BCUT2D eigenvalue weighted by atomic mass is 10.1. The van der Waals surface area contributed by atoms with Crippen LogP contribution in [0.25, 0.3) is 0 Å².